The first kappa shape index (κ1) is 19.7. The second-order valence-electron chi connectivity index (χ2n) is 7.37. The molecule has 6 nitrogen and oxygen atoms in total. The molecule has 2 N–H and O–H groups in total. The van der Waals surface area contributed by atoms with Crippen LogP contribution in [-0.4, -0.2) is 43.1 Å². The highest BCUT2D eigenvalue weighted by Crippen LogP contribution is 2.27. The van der Waals surface area contributed by atoms with Gasteiger partial charge in [0, 0.05) is 29.7 Å². The number of hydrogen-bond acceptors (Lipinski definition) is 3. The lowest BCUT2D eigenvalue weighted by Gasteiger charge is -2.19. The first-order valence-electron chi connectivity index (χ1n) is 9.83. The third kappa shape index (κ3) is 4.64. The minimum Gasteiger partial charge on any atom is -0.350 e. The number of amides is 1. The first-order valence-corrected chi connectivity index (χ1v) is 11.5. The van der Waals surface area contributed by atoms with Gasteiger partial charge in [-0.05, 0) is 49.9 Å². The number of fused-ring (bicyclic) bond motifs is 1. The largest absolute Gasteiger partial charge is 0.350 e. The van der Waals surface area contributed by atoms with Crippen LogP contribution in [0, 0.1) is 6.92 Å². The van der Waals surface area contributed by atoms with Crippen molar-refractivity contribution in [3.05, 3.63) is 29.5 Å². The van der Waals surface area contributed by atoms with Crippen molar-refractivity contribution >= 4 is 32.5 Å². The van der Waals surface area contributed by atoms with Gasteiger partial charge in [0.15, 0.2) is 0 Å². The Bertz CT molecular complexity index is 910. The standard InChI is InChI=1S/C20H29N3O3S/c1-3-4-13-27(25,26)22-16-9-10-18-17(14-16)15(2)19(21-18)20(24)23-11-7-5-6-8-12-23/h9-10,14,21-22H,3-8,11-13H2,1-2H3. The Morgan fingerprint density at radius 2 is 1.89 bits per heavy atom. The van der Waals surface area contributed by atoms with Gasteiger partial charge in [-0.15, -0.1) is 0 Å². The number of carbonyl (C=O) groups excluding carboxylic acids is 1. The van der Waals surface area contributed by atoms with Gasteiger partial charge in [-0.2, -0.15) is 0 Å². The summed E-state index contributed by atoms with van der Waals surface area (Å²) < 4.78 is 27.0. The topological polar surface area (TPSA) is 82.3 Å². The van der Waals surface area contributed by atoms with E-state index in [1.165, 1.54) is 12.8 Å². The molecule has 1 aliphatic heterocycles. The Morgan fingerprint density at radius 1 is 1.19 bits per heavy atom. The van der Waals surface area contributed by atoms with Crippen LogP contribution in [0.4, 0.5) is 5.69 Å². The summed E-state index contributed by atoms with van der Waals surface area (Å²) in [5, 5.41) is 0.879. The number of aromatic amines is 1. The fourth-order valence-corrected chi connectivity index (χ4v) is 4.86. The number of aromatic nitrogens is 1. The molecule has 0 radical (unpaired) electrons. The highest BCUT2D eigenvalue weighted by atomic mass is 32.2. The van der Waals surface area contributed by atoms with Crippen molar-refractivity contribution < 1.29 is 13.2 Å². The minimum atomic E-state index is -3.34. The molecule has 1 amide bonds. The summed E-state index contributed by atoms with van der Waals surface area (Å²) in [6, 6.07) is 5.38. The van der Waals surface area contributed by atoms with E-state index in [1.54, 1.807) is 6.07 Å². The summed E-state index contributed by atoms with van der Waals surface area (Å²) in [5.41, 5.74) is 2.86. The Hall–Kier alpha value is -2.02. The van der Waals surface area contributed by atoms with E-state index in [9.17, 15) is 13.2 Å². The minimum absolute atomic E-state index is 0.0377. The zero-order valence-electron chi connectivity index (χ0n) is 16.2. The van der Waals surface area contributed by atoms with Gasteiger partial charge in [-0.3, -0.25) is 9.52 Å². The van der Waals surface area contributed by atoms with Crippen LogP contribution in [0.5, 0.6) is 0 Å². The van der Waals surface area contributed by atoms with Crippen molar-refractivity contribution in [3.63, 3.8) is 0 Å². The number of anilines is 1. The lowest BCUT2D eigenvalue weighted by atomic mass is 10.1. The highest BCUT2D eigenvalue weighted by molar-refractivity contribution is 7.92. The van der Waals surface area contributed by atoms with Gasteiger partial charge < -0.3 is 9.88 Å². The van der Waals surface area contributed by atoms with Crippen LogP contribution in [0.25, 0.3) is 10.9 Å². The molecule has 1 fully saturated rings. The van der Waals surface area contributed by atoms with E-state index in [4.69, 9.17) is 0 Å². The monoisotopic (exact) mass is 391 g/mol. The summed E-state index contributed by atoms with van der Waals surface area (Å²) in [5.74, 6) is 0.155. The molecule has 1 aliphatic rings. The summed E-state index contributed by atoms with van der Waals surface area (Å²) in [6.07, 6.45) is 5.92. The van der Waals surface area contributed by atoms with Crippen molar-refractivity contribution in [1.29, 1.82) is 0 Å². The summed E-state index contributed by atoms with van der Waals surface area (Å²) in [4.78, 5) is 18.1. The SMILES string of the molecule is CCCCS(=O)(=O)Nc1ccc2[nH]c(C(=O)N3CCCCCC3)c(C)c2c1. The normalized spacial score (nSPS) is 15.7. The number of benzene rings is 1. The lowest BCUT2D eigenvalue weighted by molar-refractivity contribution is 0.0756. The number of H-pyrrole nitrogens is 1. The second kappa shape index (κ2) is 8.33. The lowest BCUT2D eigenvalue weighted by Crippen LogP contribution is -2.32. The zero-order chi connectivity index (χ0) is 19.4. The number of nitrogens with zero attached hydrogens (tertiary/aromatic N) is 1. The van der Waals surface area contributed by atoms with Gasteiger partial charge in [-0.25, -0.2) is 8.42 Å². The molecule has 1 saturated heterocycles. The maximum Gasteiger partial charge on any atom is 0.270 e. The fourth-order valence-electron chi connectivity index (χ4n) is 3.60. The van der Waals surface area contributed by atoms with Crippen LogP contribution >= 0.6 is 0 Å². The molecule has 1 aromatic carbocycles. The maximum absolute atomic E-state index is 13.0. The number of likely N-dealkylation sites (tertiary alicyclic amines) is 1. The Kier molecular flexibility index (Phi) is 6.09. The third-order valence-electron chi connectivity index (χ3n) is 5.21. The van der Waals surface area contributed by atoms with Gasteiger partial charge in [0.25, 0.3) is 5.91 Å². The smallest absolute Gasteiger partial charge is 0.270 e. The van der Waals surface area contributed by atoms with Gasteiger partial charge in [0.2, 0.25) is 10.0 Å². The number of carbonyl (C=O) groups is 1. The van der Waals surface area contributed by atoms with E-state index >= 15 is 0 Å². The van der Waals surface area contributed by atoms with Gasteiger partial charge in [0.1, 0.15) is 5.69 Å². The molecule has 0 aliphatic carbocycles. The molecule has 1 aromatic heterocycles. The highest BCUT2D eigenvalue weighted by Gasteiger charge is 2.22. The molecular formula is C20H29N3O3S. The van der Waals surface area contributed by atoms with Crippen LogP contribution in [-0.2, 0) is 10.0 Å². The third-order valence-corrected chi connectivity index (χ3v) is 6.58. The molecule has 2 aromatic rings. The molecule has 0 atom stereocenters. The van der Waals surface area contributed by atoms with Crippen molar-refractivity contribution in [3.8, 4) is 0 Å². The van der Waals surface area contributed by atoms with Crippen LogP contribution in [0.2, 0.25) is 0 Å². The molecule has 0 saturated carbocycles. The molecule has 0 spiro atoms. The molecule has 7 heteroatoms. The molecule has 148 valence electrons. The van der Waals surface area contributed by atoms with Crippen LogP contribution < -0.4 is 4.72 Å². The van der Waals surface area contributed by atoms with E-state index < -0.39 is 10.0 Å². The van der Waals surface area contributed by atoms with E-state index in [0.29, 0.717) is 17.8 Å². The maximum atomic E-state index is 13.0. The van der Waals surface area contributed by atoms with E-state index in [2.05, 4.69) is 9.71 Å². The predicted molar refractivity (Wildman–Crippen MR) is 110 cm³/mol. The molecule has 0 bridgehead atoms. The molecule has 27 heavy (non-hydrogen) atoms. The number of sulfonamides is 1. The quantitative estimate of drug-likeness (QED) is 0.780. The van der Waals surface area contributed by atoms with Gasteiger partial charge in [-0.1, -0.05) is 26.2 Å². The molecular weight excluding hydrogens is 362 g/mol. The molecule has 0 unspecified atom stereocenters. The number of nitrogens with one attached hydrogen (secondary N) is 2. The predicted octanol–water partition coefficient (Wildman–Crippen LogP) is 4.03. The number of aryl methyl sites for hydroxylation is 1. The Morgan fingerprint density at radius 3 is 2.56 bits per heavy atom. The van der Waals surface area contributed by atoms with Gasteiger partial charge >= 0.3 is 0 Å². The summed E-state index contributed by atoms with van der Waals surface area (Å²) >= 11 is 0. The van der Waals surface area contributed by atoms with Crippen LogP contribution in [0.15, 0.2) is 18.2 Å². The van der Waals surface area contributed by atoms with Crippen molar-refractivity contribution in [2.45, 2.75) is 52.4 Å². The van der Waals surface area contributed by atoms with Gasteiger partial charge in [0.05, 0.1) is 5.75 Å². The summed E-state index contributed by atoms with van der Waals surface area (Å²) in [7, 11) is -3.34. The Labute approximate surface area is 161 Å². The van der Waals surface area contributed by atoms with E-state index in [1.807, 2.05) is 30.9 Å². The molecule has 3 rings (SSSR count). The number of hydrogen-bond donors (Lipinski definition) is 2. The van der Waals surface area contributed by atoms with Crippen LogP contribution in [0.3, 0.4) is 0 Å². The van der Waals surface area contributed by atoms with Crippen molar-refractivity contribution in [2.75, 3.05) is 23.6 Å². The number of rotatable bonds is 6. The first-order chi connectivity index (χ1) is 12.9. The zero-order valence-corrected chi connectivity index (χ0v) is 17.0. The van der Waals surface area contributed by atoms with E-state index in [-0.39, 0.29) is 11.7 Å². The molecule has 2 heterocycles. The number of unbranched alkanes of at least 4 members (excludes halogenated alkanes) is 1. The van der Waals surface area contributed by atoms with Crippen molar-refractivity contribution in [2.24, 2.45) is 0 Å². The van der Waals surface area contributed by atoms with Crippen molar-refractivity contribution in [1.82, 2.24) is 9.88 Å². The fraction of sp³-hybridized carbons (Fsp3) is 0.550. The second-order valence-corrected chi connectivity index (χ2v) is 9.21. The average molecular weight is 392 g/mol. The van der Waals surface area contributed by atoms with Crippen LogP contribution in [0.1, 0.15) is 61.5 Å². The van der Waals surface area contributed by atoms with E-state index in [0.717, 1.165) is 48.8 Å². The average Bonchev–Trinajstić information content (AvgIpc) is 2.82. The summed E-state index contributed by atoms with van der Waals surface area (Å²) in [6.45, 7) is 5.49. The Balaban J connectivity index is 1.85.